The lowest BCUT2D eigenvalue weighted by Gasteiger charge is -2.11. The number of aromatic nitrogens is 2. The second-order valence-corrected chi connectivity index (χ2v) is 4.63. The van der Waals surface area contributed by atoms with Crippen LogP contribution in [-0.2, 0) is 17.6 Å². The molecule has 2 rings (SSSR count). The lowest BCUT2D eigenvalue weighted by molar-refractivity contribution is -0.137. The highest BCUT2D eigenvalue weighted by atomic mass is 16.4. The average molecular weight is 249 g/mol. The van der Waals surface area contributed by atoms with E-state index in [4.69, 9.17) is 5.11 Å². The summed E-state index contributed by atoms with van der Waals surface area (Å²) in [5, 5.41) is 11.8. The van der Waals surface area contributed by atoms with Crippen LogP contribution in [0, 0.1) is 0 Å². The van der Waals surface area contributed by atoms with E-state index >= 15 is 0 Å². The SMILES string of the molecule is O=C(O)CCCNc1ncnc2c1CCCCC2. The molecule has 0 saturated carbocycles. The number of aryl methyl sites for hydroxylation is 1. The summed E-state index contributed by atoms with van der Waals surface area (Å²) in [7, 11) is 0. The summed E-state index contributed by atoms with van der Waals surface area (Å²) in [6.07, 6.45) is 8.10. The molecule has 0 bridgehead atoms. The van der Waals surface area contributed by atoms with Gasteiger partial charge in [-0.25, -0.2) is 9.97 Å². The first-order chi connectivity index (χ1) is 8.77. The van der Waals surface area contributed by atoms with Gasteiger partial charge in [-0.1, -0.05) is 6.42 Å². The zero-order valence-corrected chi connectivity index (χ0v) is 10.5. The van der Waals surface area contributed by atoms with E-state index in [1.165, 1.54) is 24.8 Å². The Bertz CT molecular complexity index is 421. The third-order valence-corrected chi connectivity index (χ3v) is 3.23. The number of nitrogens with one attached hydrogen (secondary N) is 1. The summed E-state index contributed by atoms with van der Waals surface area (Å²) in [5.41, 5.74) is 2.38. The number of carboxylic acids is 1. The van der Waals surface area contributed by atoms with Crippen molar-refractivity contribution in [3.8, 4) is 0 Å². The summed E-state index contributed by atoms with van der Waals surface area (Å²) in [5.74, 6) is 0.144. The molecule has 1 aliphatic rings. The standard InChI is InChI=1S/C13H19N3O2/c17-12(18)7-4-8-14-13-10-5-2-1-3-6-11(10)15-9-16-13/h9H,1-8H2,(H,17,18)(H,14,15,16). The maximum atomic E-state index is 10.4. The van der Waals surface area contributed by atoms with Crippen molar-refractivity contribution in [2.24, 2.45) is 0 Å². The number of carboxylic acid groups (broad SMARTS) is 1. The van der Waals surface area contributed by atoms with Crippen LogP contribution in [0.15, 0.2) is 6.33 Å². The molecule has 1 aliphatic carbocycles. The first-order valence-corrected chi connectivity index (χ1v) is 6.56. The molecular formula is C13H19N3O2. The normalized spacial score (nSPS) is 14.7. The monoisotopic (exact) mass is 249 g/mol. The summed E-state index contributed by atoms with van der Waals surface area (Å²) in [4.78, 5) is 19.1. The van der Waals surface area contributed by atoms with Crippen molar-refractivity contribution < 1.29 is 9.90 Å². The molecule has 1 heterocycles. The van der Waals surface area contributed by atoms with E-state index in [2.05, 4.69) is 15.3 Å². The smallest absolute Gasteiger partial charge is 0.303 e. The van der Waals surface area contributed by atoms with Gasteiger partial charge in [-0.2, -0.15) is 0 Å². The van der Waals surface area contributed by atoms with Crippen molar-refractivity contribution in [2.45, 2.75) is 44.9 Å². The number of nitrogens with zero attached hydrogens (tertiary/aromatic N) is 2. The molecule has 0 atom stereocenters. The quantitative estimate of drug-likeness (QED) is 0.617. The van der Waals surface area contributed by atoms with Gasteiger partial charge in [0, 0.05) is 24.2 Å². The van der Waals surface area contributed by atoms with E-state index < -0.39 is 5.97 Å². The Kier molecular flexibility index (Phi) is 4.50. The van der Waals surface area contributed by atoms with E-state index in [-0.39, 0.29) is 6.42 Å². The topological polar surface area (TPSA) is 75.1 Å². The molecule has 0 amide bonds. The Morgan fingerprint density at radius 1 is 1.28 bits per heavy atom. The fourth-order valence-corrected chi connectivity index (χ4v) is 2.30. The van der Waals surface area contributed by atoms with Crippen LogP contribution in [0.1, 0.15) is 43.4 Å². The van der Waals surface area contributed by atoms with Crippen LogP contribution < -0.4 is 5.32 Å². The molecule has 18 heavy (non-hydrogen) atoms. The number of carbonyl (C=O) groups is 1. The highest BCUT2D eigenvalue weighted by Crippen LogP contribution is 2.23. The largest absolute Gasteiger partial charge is 0.481 e. The Balaban J connectivity index is 1.97. The summed E-state index contributed by atoms with van der Waals surface area (Å²) < 4.78 is 0. The molecule has 0 spiro atoms. The number of hydrogen-bond acceptors (Lipinski definition) is 4. The first-order valence-electron chi connectivity index (χ1n) is 6.56. The van der Waals surface area contributed by atoms with Crippen molar-refractivity contribution in [1.29, 1.82) is 0 Å². The predicted molar refractivity (Wildman–Crippen MR) is 68.7 cm³/mol. The van der Waals surface area contributed by atoms with E-state index in [1.54, 1.807) is 6.33 Å². The van der Waals surface area contributed by atoms with Gasteiger partial charge in [0.25, 0.3) is 0 Å². The van der Waals surface area contributed by atoms with E-state index in [0.29, 0.717) is 13.0 Å². The lowest BCUT2D eigenvalue weighted by Crippen LogP contribution is -2.10. The summed E-state index contributed by atoms with van der Waals surface area (Å²) in [6.45, 7) is 0.649. The van der Waals surface area contributed by atoms with Gasteiger partial charge in [-0.05, 0) is 32.1 Å². The van der Waals surface area contributed by atoms with Gasteiger partial charge in [0.15, 0.2) is 0 Å². The first kappa shape index (κ1) is 12.8. The minimum atomic E-state index is -0.752. The van der Waals surface area contributed by atoms with Crippen LogP contribution in [0.5, 0.6) is 0 Å². The Hall–Kier alpha value is -1.65. The molecule has 5 heteroatoms. The molecule has 98 valence electrons. The molecule has 0 aliphatic heterocycles. The van der Waals surface area contributed by atoms with Crippen molar-refractivity contribution >= 4 is 11.8 Å². The molecule has 1 aromatic heterocycles. The highest BCUT2D eigenvalue weighted by Gasteiger charge is 2.13. The third kappa shape index (κ3) is 3.42. The fraction of sp³-hybridized carbons (Fsp3) is 0.615. The summed E-state index contributed by atoms with van der Waals surface area (Å²) in [6, 6.07) is 0. The zero-order chi connectivity index (χ0) is 12.8. The second-order valence-electron chi connectivity index (χ2n) is 4.63. The van der Waals surface area contributed by atoms with E-state index in [9.17, 15) is 4.79 Å². The highest BCUT2D eigenvalue weighted by molar-refractivity contribution is 5.66. The van der Waals surface area contributed by atoms with Gasteiger partial charge in [0.2, 0.25) is 0 Å². The van der Waals surface area contributed by atoms with Crippen LogP contribution >= 0.6 is 0 Å². The molecule has 1 aromatic rings. The maximum Gasteiger partial charge on any atom is 0.303 e. The summed E-state index contributed by atoms with van der Waals surface area (Å²) >= 11 is 0. The minimum absolute atomic E-state index is 0.195. The van der Waals surface area contributed by atoms with E-state index in [1.807, 2.05) is 0 Å². The van der Waals surface area contributed by atoms with Crippen molar-refractivity contribution in [2.75, 3.05) is 11.9 Å². The van der Waals surface area contributed by atoms with Gasteiger partial charge < -0.3 is 10.4 Å². The van der Waals surface area contributed by atoms with Crippen LogP contribution in [0.3, 0.4) is 0 Å². The van der Waals surface area contributed by atoms with Crippen LogP contribution in [0.25, 0.3) is 0 Å². The lowest BCUT2D eigenvalue weighted by atomic mass is 10.1. The van der Waals surface area contributed by atoms with Crippen molar-refractivity contribution in [1.82, 2.24) is 9.97 Å². The Labute approximate surface area is 107 Å². The zero-order valence-electron chi connectivity index (χ0n) is 10.5. The van der Waals surface area contributed by atoms with Crippen molar-refractivity contribution in [3.63, 3.8) is 0 Å². The van der Waals surface area contributed by atoms with Crippen molar-refractivity contribution in [3.05, 3.63) is 17.6 Å². The molecular weight excluding hydrogens is 230 g/mol. The molecule has 0 aromatic carbocycles. The van der Waals surface area contributed by atoms with E-state index in [0.717, 1.165) is 24.4 Å². The minimum Gasteiger partial charge on any atom is -0.481 e. The number of aliphatic carboxylic acids is 1. The average Bonchev–Trinajstić information content (AvgIpc) is 2.60. The second kappa shape index (κ2) is 6.33. The fourth-order valence-electron chi connectivity index (χ4n) is 2.30. The molecule has 0 radical (unpaired) electrons. The van der Waals surface area contributed by atoms with Gasteiger partial charge in [0.05, 0.1) is 0 Å². The van der Waals surface area contributed by atoms with Gasteiger partial charge in [-0.15, -0.1) is 0 Å². The molecule has 5 nitrogen and oxygen atoms in total. The molecule has 0 fully saturated rings. The number of fused-ring (bicyclic) bond motifs is 1. The molecule has 2 N–H and O–H groups in total. The number of anilines is 1. The maximum absolute atomic E-state index is 10.4. The van der Waals surface area contributed by atoms with Crippen LogP contribution in [0.2, 0.25) is 0 Å². The molecule has 0 unspecified atom stereocenters. The molecule has 0 saturated heterocycles. The van der Waals surface area contributed by atoms with Crippen LogP contribution in [0.4, 0.5) is 5.82 Å². The third-order valence-electron chi connectivity index (χ3n) is 3.23. The van der Waals surface area contributed by atoms with Gasteiger partial charge >= 0.3 is 5.97 Å². The Morgan fingerprint density at radius 2 is 2.11 bits per heavy atom. The number of hydrogen-bond donors (Lipinski definition) is 2. The van der Waals surface area contributed by atoms with Crippen LogP contribution in [-0.4, -0.2) is 27.6 Å². The predicted octanol–water partition coefficient (Wildman–Crippen LogP) is 2.02. The van der Waals surface area contributed by atoms with Gasteiger partial charge in [-0.3, -0.25) is 4.79 Å². The number of rotatable bonds is 5. The Morgan fingerprint density at radius 3 is 2.94 bits per heavy atom. The van der Waals surface area contributed by atoms with Gasteiger partial charge in [0.1, 0.15) is 12.1 Å².